The minimum absolute atomic E-state index is 0.0844. The summed E-state index contributed by atoms with van der Waals surface area (Å²) in [6.07, 6.45) is 2.08. The highest BCUT2D eigenvalue weighted by molar-refractivity contribution is 6.31. The van der Waals surface area contributed by atoms with Crippen LogP contribution in [0.4, 0.5) is 0 Å². The van der Waals surface area contributed by atoms with Gasteiger partial charge in [0.05, 0.1) is 37.4 Å². The molecule has 0 fully saturated rings. The number of hydrogen-bond acceptors (Lipinski definition) is 7. The molecule has 0 spiro atoms. The Morgan fingerprint density at radius 1 is 1.11 bits per heavy atom. The van der Waals surface area contributed by atoms with Gasteiger partial charge in [-0.2, -0.15) is 0 Å². The number of ketones is 1. The van der Waals surface area contributed by atoms with Crippen molar-refractivity contribution in [1.82, 2.24) is 5.32 Å². The molecule has 1 aliphatic carbocycles. The van der Waals surface area contributed by atoms with Gasteiger partial charge in [0.2, 0.25) is 0 Å². The molecule has 36 heavy (non-hydrogen) atoms. The van der Waals surface area contributed by atoms with Crippen molar-refractivity contribution >= 4 is 34.3 Å². The Morgan fingerprint density at radius 3 is 2.67 bits per heavy atom. The number of Topliss-reactive ketones (excluding diaryl/α,β-unsaturated/α-hetero) is 1. The third kappa shape index (κ3) is 3.99. The smallest absolute Gasteiger partial charge is 0.336 e. The molecule has 0 saturated heterocycles. The first-order chi connectivity index (χ1) is 17.3. The van der Waals surface area contributed by atoms with E-state index in [1.54, 1.807) is 26.2 Å². The van der Waals surface area contributed by atoms with Crippen molar-refractivity contribution in [1.29, 1.82) is 0 Å². The molecule has 1 aliphatic heterocycles. The minimum atomic E-state index is -0.924. The number of rotatable bonds is 4. The summed E-state index contributed by atoms with van der Waals surface area (Å²) in [6.45, 7) is 1.74. The molecule has 184 valence electrons. The van der Waals surface area contributed by atoms with E-state index in [-0.39, 0.29) is 40.1 Å². The first-order valence-corrected chi connectivity index (χ1v) is 11.9. The van der Waals surface area contributed by atoms with E-state index in [4.69, 9.17) is 25.5 Å². The number of carbonyl (C=O) groups excluding carboxylic acids is 2. The van der Waals surface area contributed by atoms with Gasteiger partial charge in [0, 0.05) is 34.0 Å². The number of benzene rings is 2. The average Bonchev–Trinajstić information content (AvgIpc) is 2.88. The van der Waals surface area contributed by atoms with Crippen LogP contribution in [0.3, 0.4) is 0 Å². The Hall–Kier alpha value is -3.84. The van der Waals surface area contributed by atoms with Crippen molar-refractivity contribution in [2.75, 3.05) is 14.2 Å². The molecule has 0 amide bonds. The van der Waals surface area contributed by atoms with Crippen molar-refractivity contribution in [3.05, 3.63) is 97.6 Å². The number of dihydropyridines is 1. The molecule has 1 N–H and O–H groups in total. The van der Waals surface area contributed by atoms with Crippen LogP contribution in [0, 0.1) is 0 Å². The molecule has 2 atom stereocenters. The standard InChI is InChI=1S/C28H24ClNO6/c1-14-24(28(33)35-3)25(20-13-36-23-8-7-17(29)12-19(23)27(20)32)26-21(30-14)10-16(11-22(26)31)15-5-4-6-18(9-15)34-2/h4-9,12-13,16,25,30H,10-11H2,1-3H3/t16-,25+/m0/s1. The van der Waals surface area contributed by atoms with E-state index >= 15 is 0 Å². The normalized spacial score (nSPS) is 19.7. The number of esters is 1. The summed E-state index contributed by atoms with van der Waals surface area (Å²) in [7, 11) is 2.87. The quantitative estimate of drug-likeness (QED) is 0.499. The van der Waals surface area contributed by atoms with Crippen molar-refractivity contribution in [2.45, 2.75) is 31.6 Å². The molecule has 1 aromatic heterocycles. The molecule has 2 aromatic carbocycles. The average molecular weight is 506 g/mol. The molecule has 5 rings (SSSR count). The first-order valence-electron chi connectivity index (χ1n) is 11.5. The number of fused-ring (bicyclic) bond motifs is 1. The lowest BCUT2D eigenvalue weighted by atomic mass is 9.72. The summed E-state index contributed by atoms with van der Waals surface area (Å²) < 4.78 is 16.2. The lowest BCUT2D eigenvalue weighted by Gasteiger charge is -2.36. The zero-order valence-electron chi connectivity index (χ0n) is 20.0. The van der Waals surface area contributed by atoms with Crippen LogP contribution in [0.15, 0.2) is 80.5 Å². The van der Waals surface area contributed by atoms with Crippen molar-refractivity contribution in [2.24, 2.45) is 0 Å². The number of ether oxygens (including phenoxy) is 2. The Morgan fingerprint density at radius 2 is 1.92 bits per heavy atom. The fourth-order valence-electron chi connectivity index (χ4n) is 5.18. The van der Waals surface area contributed by atoms with Gasteiger partial charge in [0.1, 0.15) is 11.3 Å². The van der Waals surface area contributed by atoms with Crippen LogP contribution in [0.25, 0.3) is 11.0 Å². The highest BCUT2D eigenvalue weighted by Gasteiger charge is 2.42. The number of hydrogen-bond donors (Lipinski definition) is 1. The molecular weight excluding hydrogens is 482 g/mol. The van der Waals surface area contributed by atoms with Gasteiger partial charge in [-0.15, -0.1) is 0 Å². The second-order valence-corrected chi connectivity index (χ2v) is 9.38. The number of nitrogens with one attached hydrogen (secondary N) is 1. The van der Waals surface area contributed by atoms with E-state index in [0.29, 0.717) is 39.7 Å². The lowest BCUT2D eigenvalue weighted by Crippen LogP contribution is -2.37. The van der Waals surface area contributed by atoms with Crippen LogP contribution in [-0.4, -0.2) is 26.0 Å². The van der Waals surface area contributed by atoms with Crippen molar-refractivity contribution in [3.63, 3.8) is 0 Å². The lowest BCUT2D eigenvalue weighted by molar-refractivity contribution is -0.136. The van der Waals surface area contributed by atoms with Crippen LogP contribution in [0.2, 0.25) is 5.02 Å². The van der Waals surface area contributed by atoms with E-state index < -0.39 is 11.9 Å². The second kappa shape index (κ2) is 9.32. The number of allylic oxidation sites excluding steroid dienone is 3. The van der Waals surface area contributed by atoms with Crippen LogP contribution < -0.4 is 15.5 Å². The van der Waals surface area contributed by atoms with Gasteiger partial charge >= 0.3 is 5.97 Å². The molecule has 0 saturated carbocycles. The van der Waals surface area contributed by atoms with E-state index in [2.05, 4.69) is 5.32 Å². The summed E-state index contributed by atoms with van der Waals surface area (Å²) in [4.78, 5) is 40.2. The summed E-state index contributed by atoms with van der Waals surface area (Å²) >= 11 is 6.14. The van der Waals surface area contributed by atoms with Crippen LogP contribution in [0.1, 0.15) is 42.7 Å². The topological polar surface area (TPSA) is 94.8 Å². The SMILES string of the molecule is COC(=O)C1=C(C)NC2=C(C(=O)C[C@@H](c3cccc(OC)c3)C2)[C@@H]1c1coc2ccc(Cl)cc2c1=O. The maximum Gasteiger partial charge on any atom is 0.336 e. The Bertz CT molecular complexity index is 1530. The minimum Gasteiger partial charge on any atom is -0.497 e. The maximum absolute atomic E-state index is 13.7. The van der Waals surface area contributed by atoms with Gasteiger partial charge in [0.25, 0.3) is 0 Å². The predicted molar refractivity (Wildman–Crippen MR) is 135 cm³/mol. The molecule has 0 bridgehead atoms. The molecule has 2 heterocycles. The van der Waals surface area contributed by atoms with Gasteiger partial charge in [0.15, 0.2) is 11.2 Å². The van der Waals surface area contributed by atoms with Gasteiger partial charge < -0.3 is 19.2 Å². The molecule has 0 radical (unpaired) electrons. The largest absolute Gasteiger partial charge is 0.497 e. The van der Waals surface area contributed by atoms with Crippen LogP contribution >= 0.6 is 11.6 Å². The molecule has 8 heteroatoms. The van der Waals surface area contributed by atoms with Gasteiger partial charge in [-0.1, -0.05) is 23.7 Å². The Balaban J connectivity index is 1.67. The third-order valence-corrected chi connectivity index (χ3v) is 7.11. The summed E-state index contributed by atoms with van der Waals surface area (Å²) in [5.74, 6) is -1.07. The zero-order valence-corrected chi connectivity index (χ0v) is 20.8. The highest BCUT2D eigenvalue weighted by Crippen LogP contribution is 2.45. The first kappa shape index (κ1) is 23.9. The van der Waals surface area contributed by atoms with Crippen molar-refractivity contribution in [3.8, 4) is 5.75 Å². The molecule has 2 aliphatic rings. The molecule has 3 aromatic rings. The molecular formula is C28H24ClNO6. The van der Waals surface area contributed by atoms with Crippen LogP contribution in [-0.2, 0) is 14.3 Å². The second-order valence-electron chi connectivity index (χ2n) is 8.95. The Kier molecular flexibility index (Phi) is 6.18. The summed E-state index contributed by atoms with van der Waals surface area (Å²) in [5, 5.41) is 3.92. The molecule has 7 nitrogen and oxygen atoms in total. The fourth-order valence-corrected chi connectivity index (χ4v) is 5.35. The zero-order chi connectivity index (χ0) is 25.6. The maximum atomic E-state index is 13.7. The van der Waals surface area contributed by atoms with Gasteiger partial charge in [-0.3, -0.25) is 9.59 Å². The summed E-state index contributed by atoms with van der Waals surface area (Å²) in [6, 6.07) is 12.4. The Labute approximate surface area is 212 Å². The van der Waals surface area contributed by atoms with Gasteiger partial charge in [-0.25, -0.2) is 4.79 Å². The van der Waals surface area contributed by atoms with Gasteiger partial charge in [-0.05, 0) is 55.2 Å². The highest BCUT2D eigenvalue weighted by atomic mass is 35.5. The number of halogens is 1. The van der Waals surface area contributed by atoms with Crippen LogP contribution in [0.5, 0.6) is 5.75 Å². The van der Waals surface area contributed by atoms with E-state index in [1.807, 2.05) is 24.3 Å². The van der Waals surface area contributed by atoms with E-state index in [1.165, 1.54) is 19.4 Å². The third-order valence-electron chi connectivity index (χ3n) is 6.87. The molecule has 0 unspecified atom stereocenters. The number of methoxy groups -OCH3 is 2. The number of carbonyl (C=O) groups is 2. The predicted octanol–water partition coefficient (Wildman–Crippen LogP) is 4.99. The van der Waals surface area contributed by atoms with E-state index in [0.717, 1.165) is 5.56 Å². The van der Waals surface area contributed by atoms with Crippen molar-refractivity contribution < 1.29 is 23.5 Å². The van der Waals surface area contributed by atoms with E-state index in [9.17, 15) is 14.4 Å². The summed E-state index contributed by atoms with van der Waals surface area (Å²) in [5.41, 5.74) is 2.97. The monoisotopic (exact) mass is 505 g/mol. The fraction of sp³-hybridized carbons (Fsp3) is 0.250.